The Morgan fingerprint density at radius 3 is 2.78 bits per heavy atom. The van der Waals surface area contributed by atoms with E-state index in [0.29, 0.717) is 0 Å². The number of aliphatic hydroxyl groups is 2. The average Bonchev–Trinajstić information content (AvgIpc) is 2.79. The summed E-state index contributed by atoms with van der Waals surface area (Å²) in [5.41, 5.74) is -0.145. The summed E-state index contributed by atoms with van der Waals surface area (Å²) in [5.74, 6) is 0. The SMILES string of the molecule is CCCCCC1OC2SC(=NC)NC2C(O)C1O. The van der Waals surface area contributed by atoms with Crippen molar-refractivity contribution in [2.24, 2.45) is 4.99 Å². The average molecular weight is 274 g/mol. The standard InChI is InChI=1S/C12H22N2O3S/c1-3-4-5-6-7-9(15)10(16)8-11(17-7)18-12(13-2)14-8/h7-11,15-16H,3-6H2,1-2H3,(H,13,14). The molecule has 0 bridgehead atoms. The molecule has 2 heterocycles. The maximum Gasteiger partial charge on any atom is 0.159 e. The lowest BCUT2D eigenvalue weighted by molar-refractivity contribution is -0.158. The van der Waals surface area contributed by atoms with Gasteiger partial charge in [0.2, 0.25) is 0 Å². The lowest BCUT2D eigenvalue weighted by atomic mass is 9.94. The first-order valence-electron chi connectivity index (χ1n) is 6.59. The van der Waals surface area contributed by atoms with Gasteiger partial charge in [-0.15, -0.1) is 0 Å². The molecule has 0 radical (unpaired) electrons. The highest BCUT2D eigenvalue weighted by Gasteiger charge is 2.48. The van der Waals surface area contributed by atoms with Crippen LogP contribution in [0, 0.1) is 0 Å². The summed E-state index contributed by atoms with van der Waals surface area (Å²) in [7, 11) is 1.70. The summed E-state index contributed by atoms with van der Waals surface area (Å²) in [6.07, 6.45) is 2.22. The van der Waals surface area contributed by atoms with Crippen LogP contribution in [0.5, 0.6) is 0 Å². The lowest BCUT2D eigenvalue weighted by Gasteiger charge is -2.39. The first-order valence-corrected chi connectivity index (χ1v) is 7.47. The number of fused-ring (bicyclic) bond motifs is 1. The topological polar surface area (TPSA) is 74.1 Å². The number of amidine groups is 1. The van der Waals surface area contributed by atoms with Crippen molar-refractivity contribution in [2.75, 3.05) is 7.05 Å². The van der Waals surface area contributed by atoms with Gasteiger partial charge >= 0.3 is 0 Å². The van der Waals surface area contributed by atoms with Crippen molar-refractivity contribution in [3.05, 3.63) is 0 Å². The zero-order chi connectivity index (χ0) is 13.1. The number of nitrogens with zero attached hydrogens (tertiary/aromatic N) is 1. The molecule has 2 aliphatic heterocycles. The number of rotatable bonds is 4. The highest BCUT2D eigenvalue weighted by atomic mass is 32.2. The minimum absolute atomic E-state index is 0.145. The Morgan fingerprint density at radius 2 is 2.11 bits per heavy atom. The van der Waals surface area contributed by atoms with E-state index in [1.807, 2.05) is 0 Å². The minimum atomic E-state index is -0.813. The van der Waals surface area contributed by atoms with E-state index >= 15 is 0 Å². The van der Waals surface area contributed by atoms with Crippen molar-refractivity contribution in [2.45, 2.75) is 62.4 Å². The number of hydrogen-bond donors (Lipinski definition) is 3. The molecule has 0 aromatic carbocycles. The van der Waals surface area contributed by atoms with E-state index in [-0.39, 0.29) is 17.6 Å². The molecule has 0 saturated carbocycles. The van der Waals surface area contributed by atoms with Gasteiger partial charge in [-0.1, -0.05) is 37.9 Å². The molecule has 3 N–H and O–H groups in total. The first-order chi connectivity index (χ1) is 8.67. The summed E-state index contributed by atoms with van der Waals surface area (Å²) in [6, 6.07) is -0.258. The quantitative estimate of drug-likeness (QED) is 0.658. The Bertz CT molecular complexity index is 314. The number of aliphatic hydroxyl groups excluding tert-OH is 2. The monoisotopic (exact) mass is 274 g/mol. The van der Waals surface area contributed by atoms with Crippen LogP contribution >= 0.6 is 11.8 Å². The van der Waals surface area contributed by atoms with E-state index in [2.05, 4.69) is 17.2 Å². The van der Waals surface area contributed by atoms with E-state index in [4.69, 9.17) is 4.74 Å². The Balaban J connectivity index is 1.96. The third-order valence-corrected chi connectivity index (χ3v) is 4.67. The number of nitrogens with one attached hydrogen (secondary N) is 1. The predicted octanol–water partition coefficient (Wildman–Crippen LogP) is 0.704. The number of aliphatic imine (C=N–C) groups is 1. The fourth-order valence-corrected chi connectivity index (χ4v) is 3.53. The van der Waals surface area contributed by atoms with Crippen molar-refractivity contribution in [3.63, 3.8) is 0 Å². The van der Waals surface area contributed by atoms with Crippen LogP contribution in [0.3, 0.4) is 0 Å². The molecular weight excluding hydrogens is 252 g/mol. The third-order valence-electron chi connectivity index (χ3n) is 3.51. The van der Waals surface area contributed by atoms with Crippen LogP contribution < -0.4 is 5.32 Å². The molecular formula is C12H22N2O3S. The summed E-state index contributed by atoms with van der Waals surface area (Å²) in [6.45, 7) is 2.14. The van der Waals surface area contributed by atoms with Crippen LogP contribution in [-0.4, -0.2) is 52.2 Å². The Labute approximate surface area is 112 Å². The fraction of sp³-hybridized carbons (Fsp3) is 0.917. The van der Waals surface area contributed by atoms with E-state index in [1.54, 1.807) is 7.05 Å². The summed E-state index contributed by atoms with van der Waals surface area (Å²) in [5, 5.41) is 24.1. The van der Waals surface area contributed by atoms with Crippen LogP contribution in [0.2, 0.25) is 0 Å². The lowest BCUT2D eigenvalue weighted by Crippen LogP contribution is -2.58. The molecule has 18 heavy (non-hydrogen) atoms. The fourth-order valence-electron chi connectivity index (χ4n) is 2.42. The maximum absolute atomic E-state index is 10.1. The third kappa shape index (κ3) is 2.82. The van der Waals surface area contributed by atoms with Gasteiger partial charge in [-0.3, -0.25) is 4.99 Å². The second-order valence-electron chi connectivity index (χ2n) is 4.84. The molecule has 0 amide bonds. The summed E-state index contributed by atoms with van der Waals surface area (Å²) < 4.78 is 5.88. The van der Waals surface area contributed by atoms with Gasteiger partial charge in [-0.05, 0) is 6.42 Å². The van der Waals surface area contributed by atoms with Crippen LogP contribution in [0.4, 0.5) is 0 Å². The molecule has 0 spiro atoms. The summed E-state index contributed by atoms with van der Waals surface area (Å²) in [4.78, 5) is 4.07. The summed E-state index contributed by atoms with van der Waals surface area (Å²) >= 11 is 1.49. The molecule has 5 nitrogen and oxygen atoms in total. The molecule has 104 valence electrons. The van der Waals surface area contributed by atoms with Crippen molar-refractivity contribution in [1.29, 1.82) is 0 Å². The number of thioether (sulfide) groups is 1. The number of hydrogen-bond acceptors (Lipinski definition) is 5. The van der Waals surface area contributed by atoms with E-state index in [1.165, 1.54) is 11.8 Å². The highest BCUT2D eigenvalue weighted by Crippen LogP contribution is 2.35. The zero-order valence-corrected chi connectivity index (χ0v) is 11.7. The second-order valence-corrected chi connectivity index (χ2v) is 5.92. The Hall–Kier alpha value is -0.300. The van der Waals surface area contributed by atoms with E-state index in [9.17, 15) is 10.2 Å². The molecule has 2 fully saturated rings. The molecule has 5 atom stereocenters. The maximum atomic E-state index is 10.1. The van der Waals surface area contributed by atoms with Gasteiger partial charge in [0, 0.05) is 7.05 Å². The molecule has 2 aliphatic rings. The Morgan fingerprint density at radius 1 is 1.33 bits per heavy atom. The van der Waals surface area contributed by atoms with Crippen molar-refractivity contribution in [3.8, 4) is 0 Å². The molecule has 0 aromatic heterocycles. The molecule has 0 aromatic rings. The molecule has 0 aliphatic carbocycles. The van der Waals surface area contributed by atoms with Crippen molar-refractivity contribution in [1.82, 2.24) is 5.32 Å². The molecule has 2 rings (SSSR count). The smallest absolute Gasteiger partial charge is 0.159 e. The molecule has 6 heteroatoms. The van der Waals surface area contributed by atoms with Gasteiger partial charge in [-0.25, -0.2) is 0 Å². The van der Waals surface area contributed by atoms with Crippen molar-refractivity contribution < 1.29 is 14.9 Å². The van der Waals surface area contributed by atoms with Gasteiger partial charge in [0.25, 0.3) is 0 Å². The van der Waals surface area contributed by atoms with Crippen LogP contribution in [0.15, 0.2) is 4.99 Å². The predicted molar refractivity (Wildman–Crippen MR) is 72.7 cm³/mol. The zero-order valence-electron chi connectivity index (χ0n) is 10.9. The van der Waals surface area contributed by atoms with Gasteiger partial charge in [0.05, 0.1) is 12.1 Å². The first kappa shape index (κ1) is 14.1. The Kier molecular flexibility index (Phi) is 4.89. The molecule has 5 unspecified atom stereocenters. The van der Waals surface area contributed by atoms with Crippen LogP contribution in [0.25, 0.3) is 0 Å². The number of ether oxygens (including phenoxy) is 1. The van der Waals surface area contributed by atoms with Gasteiger partial charge in [0.1, 0.15) is 17.6 Å². The highest BCUT2D eigenvalue weighted by molar-refractivity contribution is 8.14. The second kappa shape index (κ2) is 6.23. The van der Waals surface area contributed by atoms with Gasteiger partial charge in [0.15, 0.2) is 5.17 Å². The normalized spacial score (nSPS) is 41.8. The largest absolute Gasteiger partial charge is 0.388 e. The molecule has 2 saturated heterocycles. The van der Waals surface area contributed by atoms with Gasteiger partial charge < -0.3 is 20.3 Å². The van der Waals surface area contributed by atoms with Gasteiger partial charge in [-0.2, -0.15) is 0 Å². The minimum Gasteiger partial charge on any atom is -0.388 e. The van der Waals surface area contributed by atoms with E-state index < -0.39 is 12.2 Å². The van der Waals surface area contributed by atoms with Crippen LogP contribution in [-0.2, 0) is 4.74 Å². The van der Waals surface area contributed by atoms with Crippen LogP contribution in [0.1, 0.15) is 32.6 Å². The van der Waals surface area contributed by atoms with E-state index in [0.717, 1.165) is 30.9 Å². The van der Waals surface area contributed by atoms with Crippen molar-refractivity contribution >= 4 is 16.9 Å². The number of unbranched alkanes of at least 4 members (excludes halogenated alkanes) is 2.